The third-order valence-corrected chi connectivity index (χ3v) is 5.32. The minimum Gasteiger partial charge on any atom is -0.375 e. The third-order valence-electron chi connectivity index (χ3n) is 4.35. The predicted octanol–water partition coefficient (Wildman–Crippen LogP) is 3.48. The lowest BCUT2D eigenvalue weighted by atomic mass is 10.1. The van der Waals surface area contributed by atoms with Crippen molar-refractivity contribution in [2.45, 2.75) is 38.5 Å². The van der Waals surface area contributed by atoms with Crippen molar-refractivity contribution >= 4 is 11.8 Å². The van der Waals surface area contributed by atoms with Crippen molar-refractivity contribution in [3.05, 3.63) is 29.8 Å². The fraction of sp³-hybridized carbons (Fsp3) is 0.579. The highest BCUT2D eigenvalue weighted by atomic mass is 32.2. The molecule has 6 heteroatoms. The van der Waals surface area contributed by atoms with Crippen LogP contribution in [0, 0.1) is 5.92 Å². The van der Waals surface area contributed by atoms with E-state index in [1.807, 2.05) is 0 Å². The van der Waals surface area contributed by atoms with Crippen LogP contribution in [0.15, 0.2) is 29.4 Å². The van der Waals surface area contributed by atoms with E-state index in [0.29, 0.717) is 5.92 Å². The van der Waals surface area contributed by atoms with Gasteiger partial charge in [0, 0.05) is 31.0 Å². The molecule has 0 spiro atoms. The maximum absolute atomic E-state index is 5.90. The van der Waals surface area contributed by atoms with E-state index in [1.165, 1.54) is 5.56 Å². The third kappa shape index (κ3) is 5.30. The Kier molecular flexibility index (Phi) is 6.51. The molecule has 1 N–H and O–H groups in total. The Morgan fingerprint density at radius 1 is 1.32 bits per heavy atom. The Balaban J connectivity index is 1.53. The second kappa shape index (κ2) is 8.83. The quantitative estimate of drug-likeness (QED) is 0.766. The molecule has 0 amide bonds. The highest BCUT2D eigenvalue weighted by molar-refractivity contribution is 7.99. The molecule has 136 valence electrons. The molecule has 0 bridgehead atoms. The SMILES string of the molecule is CCc1ccc(-c2nc(SC[C@@H]3CN(CC(C)C)CCO3)n[nH]2)cc1. The first-order valence-corrected chi connectivity index (χ1v) is 10.1. The number of hydrogen-bond donors (Lipinski definition) is 1. The Hall–Kier alpha value is -1.37. The van der Waals surface area contributed by atoms with E-state index in [2.05, 4.69) is 65.1 Å². The van der Waals surface area contributed by atoms with E-state index in [0.717, 1.165) is 55.0 Å². The van der Waals surface area contributed by atoms with Gasteiger partial charge in [0.2, 0.25) is 5.16 Å². The summed E-state index contributed by atoms with van der Waals surface area (Å²) in [6, 6.07) is 8.48. The topological polar surface area (TPSA) is 54.0 Å². The molecule has 1 atom stereocenters. The normalized spacial score (nSPS) is 18.8. The van der Waals surface area contributed by atoms with Crippen LogP contribution in [0.1, 0.15) is 26.3 Å². The molecule has 5 nitrogen and oxygen atoms in total. The minimum atomic E-state index is 0.253. The summed E-state index contributed by atoms with van der Waals surface area (Å²) in [4.78, 5) is 7.11. The predicted molar refractivity (Wildman–Crippen MR) is 103 cm³/mol. The van der Waals surface area contributed by atoms with E-state index in [-0.39, 0.29) is 6.10 Å². The largest absolute Gasteiger partial charge is 0.375 e. The van der Waals surface area contributed by atoms with Crippen molar-refractivity contribution in [1.82, 2.24) is 20.1 Å². The van der Waals surface area contributed by atoms with Crippen molar-refractivity contribution in [2.75, 3.05) is 32.0 Å². The van der Waals surface area contributed by atoms with Crippen molar-refractivity contribution in [3.63, 3.8) is 0 Å². The fourth-order valence-electron chi connectivity index (χ4n) is 3.07. The molecule has 1 aromatic carbocycles. The van der Waals surface area contributed by atoms with Gasteiger partial charge in [-0.2, -0.15) is 0 Å². The van der Waals surface area contributed by atoms with E-state index in [4.69, 9.17) is 4.74 Å². The first-order valence-electron chi connectivity index (χ1n) is 9.12. The maximum atomic E-state index is 5.90. The van der Waals surface area contributed by atoms with Gasteiger partial charge in [0.25, 0.3) is 0 Å². The van der Waals surface area contributed by atoms with Gasteiger partial charge in [-0.1, -0.05) is 56.8 Å². The molecule has 0 radical (unpaired) electrons. The molecule has 1 aromatic heterocycles. The smallest absolute Gasteiger partial charge is 0.208 e. The molecule has 1 saturated heterocycles. The second-order valence-electron chi connectivity index (χ2n) is 6.97. The summed E-state index contributed by atoms with van der Waals surface area (Å²) in [6.07, 6.45) is 1.30. The average Bonchev–Trinajstić information content (AvgIpc) is 3.09. The number of aromatic nitrogens is 3. The van der Waals surface area contributed by atoms with Gasteiger partial charge in [-0.15, -0.1) is 5.10 Å². The van der Waals surface area contributed by atoms with Gasteiger partial charge in [0.15, 0.2) is 5.82 Å². The number of rotatable bonds is 7. The highest BCUT2D eigenvalue weighted by Gasteiger charge is 2.21. The number of thioether (sulfide) groups is 1. The van der Waals surface area contributed by atoms with Crippen molar-refractivity contribution < 1.29 is 4.74 Å². The molecular formula is C19H28N4OS. The first kappa shape index (κ1) is 18.4. The molecular weight excluding hydrogens is 332 g/mol. The van der Waals surface area contributed by atoms with Gasteiger partial charge in [-0.25, -0.2) is 4.98 Å². The lowest BCUT2D eigenvalue weighted by molar-refractivity contribution is -0.0191. The molecule has 2 aromatic rings. The number of ether oxygens (including phenoxy) is 1. The van der Waals surface area contributed by atoms with E-state index < -0.39 is 0 Å². The van der Waals surface area contributed by atoms with Gasteiger partial charge in [0.05, 0.1) is 12.7 Å². The molecule has 2 heterocycles. The summed E-state index contributed by atoms with van der Waals surface area (Å²) in [6.45, 7) is 10.7. The van der Waals surface area contributed by atoms with Gasteiger partial charge in [0.1, 0.15) is 0 Å². The lowest BCUT2D eigenvalue weighted by Gasteiger charge is -2.33. The standard InChI is InChI=1S/C19H28N4OS/c1-4-15-5-7-16(8-6-15)18-20-19(22-21-18)25-13-17-12-23(9-10-24-17)11-14(2)3/h5-8,14,17H,4,9-13H2,1-3H3,(H,20,21,22)/t17-/m0/s1. The minimum absolute atomic E-state index is 0.253. The zero-order chi connectivity index (χ0) is 17.6. The van der Waals surface area contributed by atoms with Crippen LogP contribution in [0.5, 0.6) is 0 Å². The molecule has 0 saturated carbocycles. The van der Waals surface area contributed by atoms with Crippen molar-refractivity contribution in [1.29, 1.82) is 0 Å². The van der Waals surface area contributed by atoms with E-state index in [9.17, 15) is 0 Å². The first-order chi connectivity index (χ1) is 12.1. The molecule has 0 unspecified atom stereocenters. The zero-order valence-corrected chi connectivity index (χ0v) is 16.2. The summed E-state index contributed by atoms with van der Waals surface area (Å²) in [7, 11) is 0. The maximum Gasteiger partial charge on any atom is 0.208 e. The fourth-order valence-corrected chi connectivity index (χ4v) is 3.87. The van der Waals surface area contributed by atoms with Crippen LogP contribution < -0.4 is 0 Å². The number of nitrogens with zero attached hydrogens (tertiary/aromatic N) is 3. The average molecular weight is 361 g/mol. The summed E-state index contributed by atoms with van der Waals surface area (Å²) in [5.74, 6) is 2.41. The Morgan fingerprint density at radius 2 is 2.12 bits per heavy atom. The van der Waals surface area contributed by atoms with Gasteiger partial charge in [-0.05, 0) is 17.9 Å². The molecule has 25 heavy (non-hydrogen) atoms. The van der Waals surface area contributed by atoms with Gasteiger partial charge >= 0.3 is 0 Å². The molecule has 3 rings (SSSR count). The summed E-state index contributed by atoms with van der Waals surface area (Å²) in [5.41, 5.74) is 2.41. The Morgan fingerprint density at radius 3 is 2.84 bits per heavy atom. The number of aromatic amines is 1. The van der Waals surface area contributed by atoms with Crippen LogP contribution in [-0.4, -0.2) is 58.2 Å². The Bertz CT molecular complexity index is 656. The highest BCUT2D eigenvalue weighted by Crippen LogP contribution is 2.22. The number of H-pyrrole nitrogens is 1. The van der Waals surface area contributed by atoms with E-state index in [1.54, 1.807) is 11.8 Å². The number of nitrogens with one attached hydrogen (secondary N) is 1. The lowest BCUT2D eigenvalue weighted by Crippen LogP contribution is -2.44. The molecule has 1 aliphatic rings. The van der Waals surface area contributed by atoms with Crippen LogP contribution in [0.25, 0.3) is 11.4 Å². The molecule has 0 aliphatic carbocycles. The van der Waals surface area contributed by atoms with Crippen molar-refractivity contribution in [3.8, 4) is 11.4 Å². The van der Waals surface area contributed by atoms with Crippen LogP contribution in [0.2, 0.25) is 0 Å². The van der Waals surface area contributed by atoms with Gasteiger partial charge in [-0.3, -0.25) is 10.00 Å². The van der Waals surface area contributed by atoms with Gasteiger partial charge < -0.3 is 4.74 Å². The van der Waals surface area contributed by atoms with Crippen molar-refractivity contribution in [2.24, 2.45) is 5.92 Å². The number of morpholine rings is 1. The summed E-state index contributed by atoms with van der Waals surface area (Å²) < 4.78 is 5.90. The monoisotopic (exact) mass is 360 g/mol. The number of benzene rings is 1. The van der Waals surface area contributed by atoms with Crippen LogP contribution >= 0.6 is 11.8 Å². The Labute approximate surface area is 154 Å². The zero-order valence-electron chi connectivity index (χ0n) is 15.4. The molecule has 1 aliphatic heterocycles. The number of aryl methyl sites for hydroxylation is 1. The molecule has 1 fully saturated rings. The van der Waals surface area contributed by atoms with E-state index >= 15 is 0 Å². The summed E-state index contributed by atoms with van der Waals surface area (Å²) in [5, 5.41) is 8.18. The van der Waals surface area contributed by atoms with Crippen LogP contribution in [0.4, 0.5) is 0 Å². The van der Waals surface area contributed by atoms with Crippen LogP contribution in [0.3, 0.4) is 0 Å². The number of hydrogen-bond acceptors (Lipinski definition) is 5. The summed E-state index contributed by atoms with van der Waals surface area (Å²) >= 11 is 1.67. The van der Waals surface area contributed by atoms with Crippen LogP contribution in [-0.2, 0) is 11.2 Å². The second-order valence-corrected chi connectivity index (χ2v) is 7.96.